The number of halogens is 1. The Kier molecular flexibility index (Phi) is 2.95. The highest BCUT2D eigenvalue weighted by Crippen LogP contribution is 2.27. The Hall–Kier alpha value is -2.33. The summed E-state index contributed by atoms with van der Waals surface area (Å²) in [4.78, 5) is 19.7. The maximum atomic E-state index is 12.6. The van der Waals surface area contributed by atoms with Crippen LogP contribution in [0.4, 0.5) is 5.69 Å². The number of nitrogens with one attached hydrogen (secondary N) is 1. The molecule has 2 heterocycles. The number of nitrogens with zero attached hydrogens (tertiary/aromatic N) is 1. The zero-order chi connectivity index (χ0) is 14.3. The number of nitrogen functional groups attached to an aromatic ring is 1. The van der Waals surface area contributed by atoms with E-state index >= 15 is 0 Å². The molecule has 4 nitrogen and oxygen atoms in total. The normalized spacial score (nSPS) is 10.9. The first-order chi connectivity index (χ1) is 9.56. The Morgan fingerprint density at radius 3 is 2.90 bits per heavy atom. The van der Waals surface area contributed by atoms with Gasteiger partial charge in [-0.1, -0.05) is 11.6 Å². The van der Waals surface area contributed by atoms with Gasteiger partial charge in [-0.2, -0.15) is 0 Å². The second kappa shape index (κ2) is 4.65. The molecule has 1 aromatic carbocycles. The second-order valence-electron chi connectivity index (χ2n) is 4.68. The van der Waals surface area contributed by atoms with Crippen molar-refractivity contribution in [2.24, 2.45) is 0 Å². The van der Waals surface area contributed by atoms with Crippen molar-refractivity contribution in [2.45, 2.75) is 6.92 Å². The minimum Gasteiger partial charge on any atom is -0.399 e. The van der Waals surface area contributed by atoms with Gasteiger partial charge in [0.1, 0.15) is 5.65 Å². The molecule has 3 aromatic rings. The number of aromatic nitrogens is 2. The van der Waals surface area contributed by atoms with Crippen LogP contribution >= 0.6 is 11.6 Å². The van der Waals surface area contributed by atoms with E-state index in [4.69, 9.17) is 17.3 Å². The molecule has 20 heavy (non-hydrogen) atoms. The SMILES string of the molecule is Cc1cc(N)cc(C(=O)c2c[nH]c3nccc(Cl)c23)c1. The summed E-state index contributed by atoms with van der Waals surface area (Å²) in [5, 5.41) is 1.14. The molecule has 0 aliphatic rings. The molecule has 0 aliphatic carbocycles. The Morgan fingerprint density at radius 2 is 2.15 bits per heavy atom. The van der Waals surface area contributed by atoms with Crippen LogP contribution in [0.15, 0.2) is 36.7 Å². The fourth-order valence-electron chi connectivity index (χ4n) is 2.29. The van der Waals surface area contributed by atoms with Gasteiger partial charge < -0.3 is 10.7 Å². The number of H-pyrrole nitrogens is 1. The molecule has 0 atom stereocenters. The molecular weight excluding hydrogens is 274 g/mol. The van der Waals surface area contributed by atoms with E-state index in [0.717, 1.165) is 5.56 Å². The van der Waals surface area contributed by atoms with Gasteiger partial charge in [-0.05, 0) is 36.8 Å². The average Bonchev–Trinajstić information content (AvgIpc) is 2.82. The minimum absolute atomic E-state index is 0.124. The molecular formula is C15H12ClN3O. The number of fused-ring (bicyclic) bond motifs is 1. The molecule has 3 N–H and O–H groups in total. The van der Waals surface area contributed by atoms with Gasteiger partial charge in [-0.3, -0.25) is 4.79 Å². The summed E-state index contributed by atoms with van der Waals surface area (Å²) in [5.41, 5.74) is 8.95. The lowest BCUT2D eigenvalue weighted by Gasteiger charge is -2.04. The number of nitrogens with two attached hydrogens (primary N) is 1. The Morgan fingerprint density at radius 1 is 1.35 bits per heavy atom. The molecule has 0 spiro atoms. The highest BCUT2D eigenvalue weighted by Gasteiger charge is 2.17. The predicted octanol–water partition coefficient (Wildman–Crippen LogP) is 3.34. The first-order valence-corrected chi connectivity index (χ1v) is 6.47. The van der Waals surface area contributed by atoms with E-state index in [1.807, 2.05) is 19.1 Å². The molecule has 0 saturated carbocycles. The Balaban J connectivity index is 2.18. The number of hydrogen-bond donors (Lipinski definition) is 2. The highest BCUT2D eigenvalue weighted by molar-refractivity contribution is 6.37. The molecule has 0 amide bonds. The van der Waals surface area contributed by atoms with Crippen LogP contribution in [0, 0.1) is 6.92 Å². The number of rotatable bonds is 2. The van der Waals surface area contributed by atoms with E-state index in [2.05, 4.69) is 9.97 Å². The van der Waals surface area contributed by atoms with E-state index in [0.29, 0.717) is 32.9 Å². The lowest BCUT2D eigenvalue weighted by Crippen LogP contribution is -2.02. The third-order valence-electron chi connectivity index (χ3n) is 3.13. The summed E-state index contributed by atoms with van der Waals surface area (Å²) in [5.74, 6) is -0.124. The number of carbonyl (C=O) groups excluding carboxylic acids is 1. The van der Waals surface area contributed by atoms with Gasteiger partial charge in [-0.15, -0.1) is 0 Å². The lowest BCUT2D eigenvalue weighted by molar-refractivity contribution is 0.104. The van der Waals surface area contributed by atoms with Gasteiger partial charge in [-0.25, -0.2) is 4.98 Å². The summed E-state index contributed by atoms with van der Waals surface area (Å²) in [7, 11) is 0. The summed E-state index contributed by atoms with van der Waals surface area (Å²) >= 11 is 6.16. The molecule has 0 radical (unpaired) electrons. The summed E-state index contributed by atoms with van der Waals surface area (Å²) in [6, 6.07) is 6.96. The third kappa shape index (κ3) is 2.04. The van der Waals surface area contributed by atoms with Crippen molar-refractivity contribution >= 4 is 34.1 Å². The zero-order valence-corrected chi connectivity index (χ0v) is 11.5. The van der Waals surface area contributed by atoms with Crippen LogP contribution in [0.1, 0.15) is 21.5 Å². The van der Waals surface area contributed by atoms with Gasteiger partial charge in [0, 0.05) is 29.0 Å². The van der Waals surface area contributed by atoms with Crippen LogP contribution in [0.3, 0.4) is 0 Å². The third-order valence-corrected chi connectivity index (χ3v) is 3.44. The molecule has 3 rings (SSSR count). The van der Waals surface area contributed by atoms with Crippen molar-refractivity contribution in [1.82, 2.24) is 9.97 Å². The van der Waals surface area contributed by atoms with Crippen molar-refractivity contribution in [2.75, 3.05) is 5.73 Å². The number of benzene rings is 1. The van der Waals surface area contributed by atoms with E-state index in [1.165, 1.54) is 0 Å². The van der Waals surface area contributed by atoms with Gasteiger partial charge >= 0.3 is 0 Å². The number of carbonyl (C=O) groups is 1. The van der Waals surface area contributed by atoms with Crippen molar-refractivity contribution < 1.29 is 4.79 Å². The fourth-order valence-corrected chi connectivity index (χ4v) is 2.54. The average molecular weight is 286 g/mol. The van der Waals surface area contributed by atoms with E-state index in [1.54, 1.807) is 24.5 Å². The van der Waals surface area contributed by atoms with Crippen molar-refractivity contribution in [3.63, 3.8) is 0 Å². The number of pyridine rings is 1. The first-order valence-electron chi connectivity index (χ1n) is 6.09. The van der Waals surface area contributed by atoms with Gasteiger partial charge in [0.15, 0.2) is 5.78 Å². The largest absolute Gasteiger partial charge is 0.399 e. The molecule has 0 aliphatic heterocycles. The lowest BCUT2D eigenvalue weighted by atomic mass is 10.0. The molecule has 0 fully saturated rings. The Labute approximate surface area is 120 Å². The topological polar surface area (TPSA) is 71.8 Å². The van der Waals surface area contributed by atoms with Crippen LogP contribution < -0.4 is 5.73 Å². The van der Waals surface area contributed by atoms with Crippen molar-refractivity contribution in [3.8, 4) is 0 Å². The fraction of sp³-hybridized carbons (Fsp3) is 0.0667. The van der Waals surface area contributed by atoms with E-state index < -0.39 is 0 Å². The van der Waals surface area contributed by atoms with Crippen molar-refractivity contribution in [1.29, 1.82) is 0 Å². The number of aromatic amines is 1. The van der Waals surface area contributed by atoms with E-state index in [-0.39, 0.29) is 5.78 Å². The summed E-state index contributed by atoms with van der Waals surface area (Å²) < 4.78 is 0. The minimum atomic E-state index is -0.124. The predicted molar refractivity (Wildman–Crippen MR) is 80.1 cm³/mol. The second-order valence-corrected chi connectivity index (χ2v) is 5.09. The number of hydrogen-bond acceptors (Lipinski definition) is 3. The van der Waals surface area contributed by atoms with Gasteiger partial charge in [0.05, 0.1) is 10.6 Å². The Bertz CT molecular complexity index is 803. The molecule has 0 bridgehead atoms. The standard InChI is InChI=1S/C15H12ClN3O/c1-8-4-9(6-10(17)5-8)14(20)11-7-19-15-13(11)12(16)2-3-18-15/h2-7H,17H2,1H3,(H,18,19). The number of anilines is 1. The molecule has 0 unspecified atom stereocenters. The maximum Gasteiger partial charge on any atom is 0.195 e. The van der Waals surface area contributed by atoms with Crippen LogP contribution in [-0.4, -0.2) is 15.8 Å². The molecule has 5 heteroatoms. The van der Waals surface area contributed by atoms with E-state index in [9.17, 15) is 4.79 Å². The molecule has 100 valence electrons. The van der Waals surface area contributed by atoms with Gasteiger partial charge in [0.25, 0.3) is 0 Å². The highest BCUT2D eigenvalue weighted by atomic mass is 35.5. The quantitative estimate of drug-likeness (QED) is 0.560. The summed E-state index contributed by atoms with van der Waals surface area (Å²) in [6.07, 6.45) is 3.23. The van der Waals surface area contributed by atoms with Crippen LogP contribution in [0.2, 0.25) is 5.02 Å². The first kappa shape index (κ1) is 12.7. The maximum absolute atomic E-state index is 12.6. The molecule has 0 saturated heterocycles. The smallest absolute Gasteiger partial charge is 0.195 e. The molecule has 2 aromatic heterocycles. The number of ketones is 1. The number of aryl methyl sites for hydroxylation is 1. The zero-order valence-electron chi connectivity index (χ0n) is 10.8. The van der Waals surface area contributed by atoms with Crippen molar-refractivity contribution in [3.05, 3.63) is 58.4 Å². The van der Waals surface area contributed by atoms with Crippen LogP contribution in [0.5, 0.6) is 0 Å². The van der Waals surface area contributed by atoms with Gasteiger partial charge in [0.2, 0.25) is 0 Å². The van der Waals surface area contributed by atoms with Crippen LogP contribution in [-0.2, 0) is 0 Å². The monoisotopic (exact) mass is 285 g/mol. The summed E-state index contributed by atoms with van der Waals surface area (Å²) in [6.45, 7) is 1.90. The van der Waals surface area contributed by atoms with Crippen LogP contribution in [0.25, 0.3) is 11.0 Å².